The van der Waals surface area contributed by atoms with Gasteiger partial charge in [-0.25, -0.2) is 0 Å². The molecule has 2 amide bonds. The average molecular weight is 671 g/mol. The van der Waals surface area contributed by atoms with E-state index in [-0.39, 0.29) is 12.1 Å². The number of para-hydroxylation sites is 1. The minimum absolute atomic E-state index is 0.138. The topological polar surface area (TPSA) is 133 Å². The molecular weight excluding hydrogens is 637 g/mol. The van der Waals surface area contributed by atoms with Crippen molar-refractivity contribution in [2.24, 2.45) is 0 Å². The molecule has 1 fully saturated rings. The van der Waals surface area contributed by atoms with Crippen LogP contribution in [-0.2, 0) is 51.9 Å². The number of imide groups is 1. The first kappa shape index (κ1) is 32.1. The summed E-state index contributed by atoms with van der Waals surface area (Å²) in [6, 6.07) is 8.93. The Bertz CT molecular complexity index is 784. The number of amides is 2. The first-order chi connectivity index (χ1) is 16.2. The molecule has 13 heteroatoms. The third-order valence-corrected chi connectivity index (χ3v) is 8.59. The number of esters is 1. The normalized spacial score (nSPS) is 15.0. The molecule has 0 bridgehead atoms. The fraction of sp³-hybridized carbons (Fsp3) is 0.476. The molecule has 1 aliphatic rings. The molecular formula is C21H34N3O8PW. The third-order valence-electron chi connectivity index (χ3n) is 3.41. The van der Waals surface area contributed by atoms with E-state index in [0.717, 1.165) is 37.8 Å². The zero-order valence-electron chi connectivity index (χ0n) is 20.0. The van der Waals surface area contributed by atoms with Gasteiger partial charge in [-0.15, -0.1) is 0 Å². The van der Waals surface area contributed by atoms with Crippen molar-refractivity contribution >= 4 is 23.8 Å². The quantitative estimate of drug-likeness (QED) is 0.147. The van der Waals surface area contributed by atoms with Gasteiger partial charge in [-0.1, -0.05) is 0 Å². The molecule has 0 radical (unpaired) electrons. The van der Waals surface area contributed by atoms with Crippen LogP contribution < -0.4 is 20.2 Å². The van der Waals surface area contributed by atoms with Gasteiger partial charge >= 0.3 is 130 Å². The third kappa shape index (κ3) is 16.7. The first-order valence-corrected chi connectivity index (χ1v) is 15.8. The molecule has 3 N–H and O–H groups in total. The molecule has 2 unspecified atom stereocenters. The van der Waals surface area contributed by atoms with Crippen molar-refractivity contribution in [2.45, 2.75) is 32.9 Å². The number of benzene rings is 1. The zero-order chi connectivity index (χ0) is 25.8. The molecule has 34 heavy (non-hydrogen) atoms. The van der Waals surface area contributed by atoms with Crippen LogP contribution >= 0.6 is 5.50 Å². The summed E-state index contributed by atoms with van der Waals surface area (Å²) in [5, 5.41) is 7.66. The van der Waals surface area contributed by atoms with Crippen LogP contribution in [0.5, 0.6) is 5.75 Å². The van der Waals surface area contributed by atoms with Crippen molar-refractivity contribution in [1.29, 1.82) is 0 Å². The maximum atomic E-state index is 11.8. The Kier molecular flexibility index (Phi) is 18.4. The van der Waals surface area contributed by atoms with Gasteiger partial charge in [0.2, 0.25) is 6.41 Å². The van der Waals surface area contributed by atoms with Gasteiger partial charge in [-0.2, -0.15) is 0 Å². The van der Waals surface area contributed by atoms with E-state index in [1.165, 1.54) is 12.3 Å². The molecule has 1 aliphatic heterocycles. The summed E-state index contributed by atoms with van der Waals surface area (Å²) in [5.41, 5.74) is -2.29. The van der Waals surface area contributed by atoms with Crippen LogP contribution in [0.1, 0.15) is 20.8 Å². The van der Waals surface area contributed by atoms with Crippen molar-refractivity contribution in [3.8, 4) is 5.75 Å². The second-order valence-corrected chi connectivity index (χ2v) is 13.6. The van der Waals surface area contributed by atoms with Crippen LogP contribution in [0.3, 0.4) is 0 Å². The fourth-order valence-corrected chi connectivity index (χ4v) is 5.76. The van der Waals surface area contributed by atoms with Crippen molar-refractivity contribution in [2.75, 3.05) is 34.2 Å². The minimum atomic E-state index is -2.29. The van der Waals surface area contributed by atoms with E-state index in [4.69, 9.17) is 23.3 Å². The first-order valence-electron chi connectivity index (χ1n) is 10.3. The number of rotatable bonds is 10. The molecule has 1 heterocycles. The summed E-state index contributed by atoms with van der Waals surface area (Å²) in [6.07, 6.45) is 2.84. The van der Waals surface area contributed by atoms with Crippen LogP contribution in [0.4, 0.5) is 0 Å². The SMILES string of the molecule is C1COCO1.CN/C=C\C(=O)NC=O.CO[P](=[W])(NC(C)C(=O)OC(C)C)Oc1ccccc1. The van der Waals surface area contributed by atoms with Gasteiger partial charge in [-0.3, -0.25) is 14.9 Å². The summed E-state index contributed by atoms with van der Waals surface area (Å²) in [5.74, 6) is -0.0201. The Morgan fingerprint density at radius 3 is 2.21 bits per heavy atom. The summed E-state index contributed by atoms with van der Waals surface area (Å²) >= 11 is 1.11. The Hall–Kier alpha value is -1.87. The van der Waals surface area contributed by atoms with E-state index >= 15 is 0 Å². The van der Waals surface area contributed by atoms with E-state index in [1.807, 2.05) is 49.5 Å². The Balaban J connectivity index is 0.000000634. The number of hydrogen-bond acceptors (Lipinski definition) is 10. The van der Waals surface area contributed by atoms with E-state index in [0.29, 0.717) is 13.2 Å². The predicted octanol–water partition coefficient (Wildman–Crippen LogP) is 1.85. The zero-order valence-corrected chi connectivity index (χ0v) is 23.8. The van der Waals surface area contributed by atoms with Gasteiger partial charge in [0.15, 0.2) is 0 Å². The second kappa shape index (κ2) is 19.4. The molecule has 0 aliphatic carbocycles. The molecule has 1 saturated heterocycles. The van der Waals surface area contributed by atoms with Crippen molar-refractivity contribution < 1.29 is 56.4 Å². The Morgan fingerprint density at radius 2 is 1.76 bits per heavy atom. The van der Waals surface area contributed by atoms with Crippen LogP contribution in [0.15, 0.2) is 42.6 Å². The molecule has 2 rings (SSSR count). The van der Waals surface area contributed by atoms with Gasteiger partial charge in [-0.05, 0) is 0 Å². The molecule has 192 valence electrons. The Labute approximate surface area is 211 Å². The number of carbonyl (C=O) groups excluding carboxylic acids is 3. The second-order valence-electron chi connectivity index (χ2n) is 6.60. The van der Waals surface area contributed by atoms with Crippen molar-refractivity contribution in [3.05, 3.63) is 42.6 Å². The molecule has 1 aromatic carbocycles. The van der Waals surface area contributed by atoms with Gasteiger partial charge in [0.1, 0.15) is 6.79 Å². The molecule has 0 saturated carbocycles. The predicted molar refractivity (Wildman–Crippen MR) is 124 cm³/mol. The van der Waals surface area contributed by atoms with Gasteiger partial charge in [0.05, 0.1) is 13.2 Å². The fourth-order valence-electron chi connectivity index (χ4n) is 1.92. The summed E-state index contributed by atoms with van der Waals surface area (Å²) in [4.78, 5) is 31.8. The van der Waals surface area contributed by atoms with Gasteiger partial charge < -0.3 is 14.8 Å². The van der Waals surface area contributed by atoms with E-state index in [9.17, 15) is 14.4 Å². The average Bonchev–Trinajstić information content (AvgIpc) is 3.39. The number of nitrogens with one attached hydrogen (secondary N) is 3. The molecule has 11 nitrogen and oxygen atoms in total. The number of carbonyl (C=O) groups is 3. The monoisotopic (exact) mass is 671 g/mol. The molecule has 0 spiro atoms. The number of ether oxygens (including phenoxy) is 3. The van der Waals surface area contributed by atoms with Crippen LogP contribution in [0.25, 0.3) is 0 Å². The number of hydrogen-bond donors (Lipinski definition) is 3. The Morgan fingerprint density at radius 1 is 1.15 bits per heavy atom. The van der Waals surface area contributed by atoms with E-state index in [2.05, 4.69) is 10.4 Å². The summed E-state index contributed by atoms with van der Waals surface area (Å²) in [6.45, 7) is 7.44. The van der Waals surface area contributed by atoms with E-state index < -0.39 is 17.5 Å². The summed E-state index contributed by atoms with van der Waals surface area (Å²) < 4.78 is 26.0. The maximum absolute atomic E-state index is 11.8. The molecule has 2 atom stereocenters. The van der Waals surface area contributed by atoms with Gasteiger partial charge in [0.25, 0.3) is 5.91 Å². The van der Waals surface area contributed by atoms with Crippen LogP contribution in [0, 0.1) is 0 Å². The summed E-state index contributed by atoms with van der Waals surface area (Å²) in [7, 11) is 3.24. The van der Waals surface area contributed by atoms with E-state index in [1.54, 1.807) is 21.1 Å². The van der Waals surface area contributed by atoms with Gasteiger partial charge in [0, 0.05) is 19.3 Å². The standard InChI is InChI=1S/C13H20NO4P.C5H8N2O2.C3H6O2.W/c1-10(2)17-13(15)11(3)14-19(16-4)18-12-8-6-5-7-9-12;1-6-3-2-5(9)7-4-8;1-2-5-3-4-1;/h5-11,14H,1-4H3;2-4,6H,1H3,(H,7,8,9);1-3H2;/b;3-2-;;. The molecule has 0 aromatic heterocycles. The van der Waals surface area contributed by atoms with Crippen molar-refractivity contribution in [3.63, 3.8) is 0 Å². The van der Waals surface area contributed by atoms with Crippen LogP contribution in [0.2, 0.25) is 0 Å². The van der Waals surface area contributed by atoms with Crippen molar-refractivity contribution in [1.82, 2.24) is 15.7 Å². The molecule has 1 aromatic rings. The van der Waals surface area contributed by atoms with Crippen LogP contribution in [-0.4, -0.2) is 64.6 Å².